The fourth-order valence-electron chi connectivity index (χ4n) is 1.87. The first-order valence-corrected chi connectivity index (χ1v) is 6.15. The molecular formula is C16H15FO2. The molecule has 0 aliphatic rings. The first-order valence-electron chi connectivity index (χ1n) is 6.15. The molecular weight excluding hydrogens is 243 g/mol. The summed E-state index contributed by atoms with van der Waals surface area (Å²) < 4.78 is 19.3. The van der Waals surface area contributed by atoms with Crippen molar-refractivity contribution in [3.63, 3.8) is 0 Å². The maximum Gasteiger partial charge on any atom is 0.159 e. The molecule has 19 heavy (non-hydrogen) atoms. The van der Waals surface area contributed by atoms with Gasteiger partial charge in [0.05, 0.1) is 6.61 Å². The fourth-order valence-corrected chi connectivity index (χ4v) is 1.87. The third-order valence-corrected chi connectivity index (χ3v) is 2.85. The molecule has 0 aromatic heterocycles. The van der Waals surface area contributed by atoms with Gasteiger partial charge in [0.1, 0.15) is 11.6 Å². The molecule has 98 valence electrons. The summed E-state index contributed by atoms with van der Waals surface area (Å²) >= 11 is 0. The molecule has 0 aliphatic carbocycles. The van der Waals surface area contributed by atoms with Crippen molar-refractivity contribution in [3.8, 4) is 16.9 Å². The normalized spacial score (nSPS) is 10.3. The van der Waals surface area contributed by atoms with E-state index in [4.69, 9.17) is 4.74 Å². The standard InChI is InChI=1S/C16H15FO2/c1-3-19-14-7-4-12(5-8-14)15-9-6-13(11(2)18)10-16(15)17/h4-10H,3H2,1-2H3. The number of hydrogen-bond donors (Lipinski definition) is 0. The first kappa shape index (κ1) is 13.3. The number of benzene rings is 2. The van der Waals surface area contributed by atoms with E-state index in [9.17, 15) is 9.18 Å². The van der Waals surface area contributed by atoms with E-state index in [2.05, 4.69) is 0 Å². The van der Waals surface area contributed by atoms with Gasteiger partial charge in [0, 0.05) is 11.1 Å². The van der Waals surface area contributed by atoms with E-state index in [1.165, 1.54) is 13.0 Å². The summed E-state index contributed by atoms with van der Waals surface area (Å²) in [7, 11) is 0. The third kappa shape index (κ3) is 2.99. The molecule has 0 fully saturated rings. The van der Waals surface area contributed by atoms with Gasteiger partial charge in [0.2, 0.25) is 0 Å². The lowest BCUT2D eigenvalue weighted by atomic mass is 10.0. The van der Waals surface area contributed by atoms with Crippen LogP contribution in [0.4, 0.5) is 4.39 Å². The second-order valence-corrected chi connectivity index (χ2v) is 4.21. The van der Waals surface area contributed by atoms with Crippen LogP contribution in [-0.4, -0.2) is 12.4 Å². The van der Waals surface area contributed by atoms with Crippen molar-refractivity contribution in [3.05, 3.63) is 53.8 Å². The van der Waals surface area contributed by atoms with Crippen molar-refractivity contribution < 1.29 is 13.9 Å². The van der Waals surface area contributed by atoms with Gasteiger partial charge in [0.25, 0.3) is 0 Å². The molecule has 0 radical (unpaired) electrons. The van der Waals surface area contributed by atoms with Gasteiger partial charge in [-0.25, -0.2) is 4.39 Å². The van der Waals surface area contributed by atoms with Gasteiger partial charge in [-0.2, -0.15) is 0 Å². The summed E-state index contributed by atoms with van der Waals surface area (Å²) in [5.41, 5.74) is 1.62. The van der Waals surface area contributed by atoms with E-state index in [0.29, 0.717) is 17.7 Å². The summed E-state index contributed by atoms with van der Waals surface area (Å²) in [5, 5.41) is 0. The van der Waals surface area contributed by atoms with E-state index < -0.39 is 5.82 Å². The Morgan fingerprint density at radius 3 is 2.37 bits per heavy atom. The summed E-state index contributed by atoms with van der Waals surface area (Å²) in [5.74, 6) is 0.223. The molecule has 0 aliphatic heterocycles. The van der Waals surface area contributed by atoms with E-state index in [1.54, 1.807) is 36.4 Å². The van der Waals surface area contributed by atoms with Crippen LogP contribution in [0.1, 0.15) is 24.2 Å². The van der Waals surface area contributed by atoms with Crippen LogP contribution in [0, 0.1) is 5.82 Å². The minimum atomic E-state index is -0.392. The number of carbonyl (C=O) groups excluding carboxylic acids is 1. The molecule has 0 amide bonds. The first-order chi connectivity index (χ1) is 9.11. The van der Waals surface area contributed by atoms with Gasteiger partial charge in [-0.1, -0.05) is 24.3 Å². The molecule has 0 saturated heterocycles. The lowest BCUT2D eigenvalue weighted by molar-refractivity contribution is 0.101. The van der Waals surface area contributed by atoms with Crippen LogP contribution in [0.25, 0.3) is 11.1 Å². The van der Waals surface area contributed by atoms with Crippen molar-refractivity contribution in [2.75, 3.05) is 6.61 Å². The highest BCUT2D eigenvalue weighted by atomic mass is 19.1. The Kier molecular flexibility index (Phi) is 3.95. The highest BCUT2D eigenvalue weighted by Crippen LogP contribution is 2.25. The van der Waals surface area contributed by atoms with Crippen LogP contribution in [0.2, 0.25) is 0 Å². The zero-order valence-electron chi connectivity index (χ0n) is 10.9. The topological polar surface area (TPSA) is 26.3 Å². The van der Waals surface area contributed by atoms with Crippen molar-refractivity contribution >= 4 is 5.78 Å². The number of ether oxygens (including phenoxy) is 1. The molecule has 0 unspecified atom stereocenters. The number of hydrogen-bond acceptors (Lipinski definition) is 2. The van der Waals surface area contributed by atoms with Gasteiger partial charge in [-0.15, -0.1) is 0 Å². The summed E-state index contributed by atoms with van der Waals surface area (Å²) in [6.45, 7) is 3.93. The predicted molar refractivity (Wildman–Crippen MR) is 73.0 cm³/mol. The van der Waals surface area contributed by atoms with Crippen LogP contribution >= 0.6 is 0 Å². The Labute approximate surface area is 111 Å². The zero-order chi connectivity index (χ0) is 13.8. The Morgan fingerprint density at radius 2 is 1.84 bits per heavy atom. The van der Waals surface area contributed by atoms with Crippen LogP contribution in [-0.2, 0) is 0 Å². The van der Waals surface area contributed by atoms with Crippen molar-refractivity contribution in [2.24, 2.45) is 0 Å². The maximum absolute atomic E-state index is 14.0. The molecule has 0 atom stereocenters. The molecule has 0 N–H and O–H groups in total. The number of ketones is 1. The molecule has 0 bridgehead atoms. The number of halogens is 1. The molecule has 2 aromatic rings. The van der Waals surface area contributed by atoms with Crippen molar-refractivity contribution in [1.29, 1.82) is 0 Å². The van der Waals surface area contributed by atoms with Crippen LogP contribution in [0.5, 0.6) is 5.75 Å². The molecule has 0 saturated carbocycles. The highest BCUT2D eigenvalue weighted by Gasteiger charge is 2.08. The zero-order valence-corrected chi connectivity index (χ0v) is 10.9. The molecule has 0 heterocycles. The summed E-state index contributed by atoms with van der Waals surface area (Å²) in [4.78, 5) is 11.2. The lowest BCUT2D eigenvalue weighted by Gasteiger charge is -2.07. The summed E-state index contributed by atoms with van der Waals surface area (Å²) in [6.07, 6.45) is 0. The molecule has 2 rings (SSSR count). The van der Waals surface area contributed by atoms with Gasteiger partial charge < -0.3 is 4.74 Å². The Hall–Kier alpha value is -2.16. The van der Waals surface area contributed by atoms with Gasteiger partial charge >= 0.3 is 0 Å². The van der Waals surface area contributed by atoms with Crippen molar-refractivity contribution in [2.45, 2.75) is 13.8 Å². The third-order valence-electron chi connectivity index (χ3n) is 2.85. The van der Waals surface area contributed by atoms with Gasteiger partial charge in [-0.05, 0) is 37.6 Å². The monoisotopic (exact) mass is 258 g/mol. The highest BCUT2D eigenvalue weighted by molar-refractivity contribution is 5.94. The Balaban J connectivity index is 2.33. The lowest BCUT2D eigenvalue weighted by Crippen LogP contribution is -1.95. The summed E-state index contributed by atoms with van der Waals surface area (Å²) in [6, 6.07) is 11.7. The quantitative estimate of drug-likeness (QED) is 0.772. The van der Waals surface area contributed by atoms with E-state index in [0.717, 1.165) is 11.3 Å². The second-order valence-electron chi connectivity index (χ2n) is 4.21. The van der Waals surface area contributed by atoms with E-state index >= 15 is 0 Å². The minimum Gasteiger partial charge on any atom is -0.494 e. The fraction of sp³-hybridized carbons (Fsp3) is 0.188. The predicted octanol–water partition coefficient (Wildman–Crippen LogP) is 4.09. The van der Waals surface area contributed by atoms with Crippen LogP contribution in [0.3, 0.4) is 0 Å². The second kappa shape index (κ2) is 5.65. The Bertz CT molecular complexity index is 588. The van der Waals surface area contributed by atoms with Crippen LogP contribution < -0.4 is 4.74 Å². The molecule has 2 nitrogen and oxygen atoms in total. The smallest absolute Gasteiger partial charge is 0.159 e. The van der Waals surface area contributed by atoms with E-state index in [1.807, 2.05) is 6.92 Å². The van der Waals surface area contributed by atoms with Gasteiger partial charge in [0.15, 0.2) is 5.78 Å². The molecule has 0 spiro atoms. The maximum atomic E-state index is 14.0. The van der Waals surface area contributed by atoms with Crippen LogP contribution in [0.15, 0.2) is 42.5 Å². The largest absolute Gasteiger partial charge is 0.494 e. The number of Topliss-reactive ketones (excluding diaryl/α,β-unsaturated/α-hetero) is 1. The average Bonchev–Trinajstić information content (AvgIpc) is 2.40. The number of rotatable bonds is 4. The number of carbonyl (C=O) groups is 1. The molecule has 2 aromatic carbocycles. The Morgan fingerprint density at radius 1 is 1.16 bits per heavy atom. The SMILES string of the molecule is CCOc1ccc(-c2ccc(C(C)=O)cc2F)cc1. The van der Waals surface area contributed by atoms with E-state index in [-0.39, 0.29) is 5.78 Å². The molecule has 3 heteroatoms. The average molecular weight is 258 g/mol. The minimum absolute atomic E-state index is 0.142. The van der Waals surface area contributed by atoms with Gasteiger partial charge in [-0.3, -0.25) is 4.79 Å². The van der Waals surface area contributed by atoms with Crippen molar-refractivity contribution in [1.82, 2.24) is 0 Å².